The van der Waals surface area contributed by atoms with Gasteiger partial charge in [-0.2, -0.15) is 0 Å². The highest BCUT2D eigenvalue weighted by atomic mass is 16.5. The molecule has 0 saturated heterocycles. The van der Waals surface area contributed by atoms with E-state index in [1.54, 1.807) is 42.5 Å². The molecule has 0 aliphatic rings. The lowest BCUT2D eigenvalue weighted by Gasteiger charge is -2.14. The number of aliphatic hydroxyl groups excluding tert-OH is 1. The van der Waals surface area contributed by atoms with E-state index in [-0.39, 0.29) is 17.9 Å². The molecule has 0 aliphatic heterocycles. The summed E-state index contributed by atoms with van der Waals surface area (Å²) in [5.41, 5.74) is 12.2. The Labute approximate surface area is 137 Å². The summed E-state index contributed by atoms with van der Waals surface area (Å²) in [6.45, 7) is -0.127. The van der Waals surface area contributed by atoms with Crippen LogP contribution in [-0.4, -0.2) is 16.1 Å². The molecule has 0 aliphatic carbocycles. The highest BCUT2D eigenvalue weighted by Gasteiger charge is 2.16. The van der Waals surface area contributed by atoms with Crippen LogP contribution in [0.4, 0.5) is 5.69 Å². The maximum Gasteiger partial charge on any atom is 0.252 e. The number of primary amides is 1. The molecule has 0 atom stereocenters. The average molecular weight is 324 g/mol. The van der Waals surface area contributed by atoms with Gasteiger partial charge in [-0.1, -0.05) is 30.3 Å². The van der Waals surface area contributed by atoms with Crippen molar-refractivity contribution in [3.8, 4) is 17.2 Å². The average Bonchev–Trinajstić information content (AvgIpc) is 2.58. The normalized spacial score (nSPS) is 10.7. The quantitative estimate of drug-likeness (QED) is 0.550. The third-order valence-corrected chi connectivity index (χ3v) is 3.72. The number of fused-ring (bicyclic) bond motifs is 1. The smallest absolute Gasteiger partial charge is 0.252 e. The summed E-state index contributed by atoms with van der Waals surface area (Å²) >= 11 is 0. The van der Waals surface area contributed by atoms with Gasteiger partial charge in [-0.3, -0.25) is 4.79 Å². The van der Waals surface area contributed by atoms with Crippen molar-refractivity contribution in [2.45, 2.75) is 6.61 Å². The largest absolute Gasteiger partial charge is 0.506 e. The molecule has 122 valence electrons. The van der Waals surface area contributed by atoms with E-state index >= 15 is 0 Å². The Kier molecular flexibility index (Phi) is 3.97. The van der Waals surface area contributed by atoms with E-state index < -0.39 is 5.91 Å². The van der Waals surface area contributed by atoms with E-state index in [4.69, 9.17) is 21.3 Å². The van der Waals surface area contributed by atoms with Crippen LogP contribution in [0.25, 0.3) is 10.8 Å². The van der Waals surface area contributed by atoms with Gasteiger partial charge in [-0.05, 0) is 23.8 Å². The lowest BCUT2D eigenvalue weighted by molar-refractivity contribution is 0.0997. The van der Waals surface area contributed by atoms with Gasteiger partial charge in [0.05, 0.1) is 17.9 Å². The molecular weight excluding hydrogens is 308 g/mol. The number of hydrogen-bond acceptors (Lipinski definition) is 5. The molecule has 6 nitrogen and oxygen atoms in total. The number of anilines is 1. The van der Waals surface area contributed by atoms with Crippen molar-refractivity contribution >= 4 is 22.4 Å². The second kappa shape index (κ2) is 6.10. The summed E-state index contributed by atoms with van der Waals surface area (Å²) < 4.78 is 5.84. The van der Waals surface area contributed by atoms with Crippen LogP contribution in [0.3, 0.4) is 0 Å². The highest BCUT2D eigenvalue weighted by molar-refractivity contribution is 6.05. The third-order valence-electron chi connectivity index (χ3n) is 3.72. The molecule has 3 rings (SSSR count). The number of carbonyl (C=O) groups excluding carboxylic acids is 1. The van der Waals surface area contributed by atoms with Crippen LogP contribution in [0, 0.1) is 0 Å². The second-order valence-electron chi connectivity index (χ2n) is 5.31. The van der Waals surface area contributed by atoms with Crippen molar-refractivity contribution in [1.29, 1.82) is 0 Å². The fourth-order valence-corrected chi connectivity index (χ4v) is 2.51. The monoisotopic (exact) mass is 324 g/mol. The lowest BCUT2D eigenvalue weighted by atomic mass is 10.0. The van der Waals surface area contributed by atoms with Crippen molar-refractivity contribution in [1.82, 2.24) is 0 Å². The first kappa shape index (κ1) is 15.6. The zero-order valence-electron chi connectivity index (χ0n) is 12.7. The second-order valence-corrected chi connectivity index (χ2v) is 5.31. The van der Waals surface area contributed by atoms with E-state index in [1.807, 2.05) is 0 Å². The molecule has 6 heteroatoms. The zero-order valence-corrected chi connectivity index (χ0v) is 12.7. The van der Waals surface area contributed by atoms with Crippen LogP contribution < -0.4 is 16.2 Å². The minimum atomic E-state index is -0.758. The number of amides is 1. The Bertz CT molecular complexity index is 938. The number of aromatic hydroxyl groups is 1. The van der Waals surface area contributed by atoms with E-state index in [0.29, 0.717) is 33.5 Å². The van der Waals surface area contributed by atoms with E-state index in [2.05, 4.69) is 0 Å². The summed E-state index contributed by atoms with van der Waals surface area (Å²) in [6.07, 6.45) is 0. The molecule has 0 heterocycles. The van der Waals surface area contributed by atoms with Gasteiger partial charge in [-0.15, -0.1) is 0 Å². The highest BCUT2D eigenvalue weighted by Crippen LogP contribution is 2.39. The van der Waals surface area contributed by atoms with Crippen molar-refractivity contribution in [3.05, 3.63) is 59.7 Å². The molecule has 0 fully saturated rings. The Morgan fingerprint density at radius 2 is 1.75 bits per heavy atom. The number of benzene rings is 3. The summed E-state index contributed by atoms with van der Waals surface area (Å²) in [5, 5.41) is 20.4. The third kappa shape index (κ3) is 2.70. The van der Waals surface area contributed by atoms with Gasteiger partial charge in [0.25, 0.3) is 5.91 Å². The number of nitrogen functional groups attached to an aromatic ring is 1. The molecular formula is C18H16N2O4. The number of nitrogens with two attached hydrogens (primary N) is 2. The van der Waals surface area contributed by atoms with Crippen molar-refractivity contribution in [3.63, 3.8) is 0 Å². The summed E-state index contributed by atoms with van der Waals surface area (Å²) in [7, 11) is 0. The van der Waals surface area contributed by atoms with Gasteiger partial charge in [0, 0.05) is 10.8 Å². The van der Waals surface area contributed by atoms with Gasteiger partial charge in [0.1, 0.15) is 17.2 Å². The predicted octanol–water partition coefficient (Wildman–Crippen LogP) is 2.51. The van der Waals surface area contributed by atoms with E-state index in [1.165, 1.54) is 6.07 Å². The van der Waals surface area contributed by atoms with Gasteiger partial charge >= 0.3 is 0 Å². The Morgan fingerprint density at radius 1 is 1.04 bits per heavy atom. The number of hydrogen-bond donors (Lipinski definition) is 4. The van der Waals surface area contributed by atoms with Crippen LogP contribution in [0.2, 0.25) is 0 Å². The van der Waals surface area contributed by atoms with Crippen LogP contribution in [0.5, 0.6) is 17.2 Å². The fraction of sp³-hybridized carbons (Fsp3) is 0.0556. The molecule has 0 bridgehead atoms. The minimum absolute atomic E-state index is 0.0331. The van der Waals surface area contributed by atoms with Crippen LogP contribution in [0.1, 0.15) is 15.9 Å². The van der Waals surface area contributed by atoms with Crippen molar-refractivity contribution in [2.24, 2.45) is 5.73 Å². The van der Waals surface area contributed by atoms with Gasteiger partial charge in [-0.25, -0.2) is 0 Å². The summed E-state index contributed by atoms with van der Waals surface area (Å²) in [4.78, 5) is 11.6. The van der Waals surface area contributed by atoms with Crippen molar-refractivity contribution < 1.29 is 19.7 Å². The number of carbonyl (C=O) groups is 1. The number of ether oxygens (including phenoxy) is 1. The van der Waals surface area contributed by atoms with Crippen molar-refractivity contribution in [2.75, 3.05) is 5.73 Å². The standard InChI is InChI=1S/C18H16N2O4/c19-14-7-10(9-21)5-6-15(14)24-16-8-13(18(20)23)17(22)12-4-2-1-3-11(12)16/h1-8,21-22H,9,19H2,(H2,20,23). The predicted molar refractivity (Wildman–Crippen MR) is 91.0 cm³/mol. The summed E-state index contributed by atoms with van der Waals surface area (Å²) in [6, 6.07) is 13.3. The molecule has 3 aromatic rings. The summed E-state index contributed by atoms with van der Waals surface area (Å²) in [5.74, 6) is -0.222. The minimum Gasteiger partial charge on any atom is -0.506 e. The molecule has 0 spiro atoms. The number of phenols is 1. The molecule has 0 saturated carbocycles. The molecule has 24 heavy (non-hydrogen) atoms. The first-order chi connectivity index (χ1) is 11.5. The Morgan fingerprint density at radius 3 is 2.38 bits per heavy atom. The van der Waals surface area contributed by atoms with Gasteiger partial charge < -0.3 is 26.4 Å². The molecule has 0 aromatic heterocycles. The first-order valence-corrected chi connectivity index (χ1v) is 7.23. The van der Waals surface area contributed by atoms with E-state index in [9.17, 15) is 9.90 Å². The first-order valence-electron chi connectivity index (χ1n) is 7.23. The molecule has 3 aromatic carbocycles. The van der Waals surface area contributed by atoms with Crippen LogP contribution in [0.15, 0.2) is 48.5 Å². The topological polar surface area (TPSA) is 119 Å². The van der Waals surface area contributed by atoms with Crippen LogP contribution in [-0.2, 0) is 6.61 Å². The Hall–Kier alpha value is -3.25. The fourth-order valence-electron chi connectivity index (χ4n) is 2.51. The molecule has 0 radical (unpaired) electrons. The maximum atomic E-state index is 11.6. The Balaban J connectivity index is 2.15. The number of aliphatic hydroxyl groups is 1. The van der Waals surface area contributed by atoms with Crippen LogP contribution >= 0.6 is 0 Å². The number of rotatable bonds is 4. The zero-order chi connectivity index (χ0) is 17.3. The van der Waals surface area contributed by atoms with Gasteiger partial charge in [0.2, 0.25) is 0 Å². The van der Waals surface area contributed by atoms with Gasteiger partial charge in [0.15, 0.2) is 0 Å². The van der Waals surface area contributed by atoms with E-state index in [0.717, 1.165) is 0 Å². The molecule has 1 amide bonds. The molecule has 0 unspecified atom stereocenters. The molecule has 6 N–H and O–H groups in total. The SMILES string of the molecule is NC(=O)c1cc(Oc2ccc(CO)cc2N)c2ccccc2c1O. The maximum absolute atomic E-state index is 11.6. The lowest BCUT2D eigenvalue weighted by Crippen LogP contribution is -2.11.